The van der Waals surface area contributed by atoms with Crippen molar-refractivity contribution in [1.82, 2.24) is 4.57 Å². The van der Waals surface area contributed by atoms with Gasteiger partial charge in [0.1, 0.15) is 0 Å². The van der Waals surface area contributed by atoms with Crippen molar-refractivity contribution >= 4 is 103 Å². The average Bonchev–Trinajstić information content (AvgIpc) is 3.84. The van der Waals surface area contributed by atoms with Gasteiger partial charge in [-0.15, -0.1) is 11.3 Å². The number of para-hydroxylation sites is 2. The summed E-state index contributed by atoms with van der Waals surface area (Å²) in [4.78, 5) is 2.54. The summed E-state index contributed by atoms with van der Waals surface area (Å²) in [5.41, 5.74) is 9.46. The lowest BCUT2D eigenvalue weighted by Crippen LogP contribution is -2.11. The van der Waals surface area contributed by atoms with Crippen molar-refractivity contribution in [3.05, 3.63) is 206 Å². The third-order valence-corrected chi connectivity index (χ3v) is 12.9. The molecule has 10 aromatic carbocycles. The highest BCUT2D eigenvalue weighted by Gasteiger charge is 2.25. The quantitative estimate of drug-likeness (QED) is 0.159. The predicted octanol–water partition coefficient (Wildman–Crippen LogP) is 15.7. The fourth-order valence-corrected chi connectivity index (χ4v) is 10.5. The third-order valence-electron chi connectivity index (χ3n) is 11.7. The van der Waals surface area contributed by atoms with Crippen molar-refractivity contribution in [2.75, 3.05) is 4.90 Å². The van der Waals surface area contributed by atoms with Crippen LogP contribution < -0.4 is 4.90 Å². The highest BCUT2D eigenvalue weighted by molar-refractivity contribution is 7.26. The Kier molecular flexibility index (Phi) is 7.13. The zero-order valence-electron chi connectivity index (χ0n) is 30.9. The van der Waals surface area contributed by atoms with E-state index in [1.165, 1.54) is 85.4 Å². The molecule has 266 valence electrons. The van der Waals surface area contributed by atoms with Crippen LogP contribution in [0.4, 0.5) is 17.1 Å². The number of aromatic nitrogens is 1. The predicted molar refractivity (Wildman–Crippen MR) is 246 cm³/mol. The van der Waals surface area contributed by atoms with Crippen LogP contribution >= 0.6 is 11.3 Å². The first-order chi connectivity index (χ1) is 28.3. The maximum absolute atomic E-state index is 2.54. The zero-order valence-corrected chi connectivity index (χ0v) is 31.7. The number of thiophene rings is 1. The summed E-state index contributed by atoms with van der Waals surface area (Å²) in [6.45, 7) is 0. The molecule has 12 aromatic rings. The Hall–Kier alpha value is -7.20. The molecule has 0 atom stereocenters. The maximum Gasteiger partial charge on any atom is 0.0562 e. The largest absolute Gasteiger partial charge is 0.309 e. The first-order valence-electron chi connectivity index (χ1n) is 19.5. The van der Waals surface area contributed by atoms with Gasteiger partial charge in [-0.2, -0.15) is 0 Å². The van der Waals surface area contributed by atoms with E-state index in [4.69, 9.17) is 0 Å². The summed E-state index contributed by atoms with van der Waals surface area (Å²) in [5.74, 6) is 0. The van der Waals surface area contributed by atoms with Crippen molar-refractivity contribution < 1.29 is 0 Å². The Bertz CT molecular complexity index is 3530. The Balaban J connectivity index is 1.22. The Morgan fingerprint density at radius 2 is 0.982 bits per heavy atom. The standard InChI is InChI=1S/C54H34N2S/c1-2-17-38(18-3-1)55-47-24-10-8-21-44(47)52-48(55)25-13-26-49(52)56(39-31-30-37-29-28-36-15-5-7-20-41(36)46(37)34-39)50-33-32-43(42-23-12-16-35-14-4-6-19-40(35)42)54-53(50)45-22-9-11-27-51(45)57-54/h1-34H. The molecule has 0 saturated carbocycles. The van der Waals surface area contributed by atoms with Gasteiger partial charge in [0.15, 0.2) is 0 Å². The van der Waals surface area contributed by atoms with E-state index in [-0.39, 0.29) is 0 Å². The summed E-state index contributed by atoms with van der Waals surface area (Å²) in [7, 11) is 0. The van der Waals surface area contributed by atoms with Crippen LogP contribution in [0.5, 0.6) is 0 Å². The van der Waals surface area contributed by atoms with Crippen LogP contribution in [0.2, 0.25) is 0 Å². The van der Waals surface area contributed by atoms with Crippen molar-refractivity contribution in [3.63, 3.8) is 0 Å². The first kappa shape index (κ1) is 32.1. The second kappa shape index (κ2) is 12.7. The summed E-state index contributed by atoms with van der Waals surface area (Å²) in [6, 6.07) is 75.8. The SMILES string of the molecule is c1ccc(-n2c3ccccc3c3c(N(c4ccc5ccc6ccccc6c5c4)c4ccc(-c5cccc6ccccc56)c5sc6ccccc6c45)cccc32)cc1. The number of fused-ring (bicyclic) bond motifs is 10. The first-order valence-corrected chi connectivity index (χ1v) is 20.3. The molecule has 0 amide bonds. The van der Waals surface area contributed by atoms with Crippen LogP contribution in [0.15, 0.2) is 206 Å². The summed E-state index contributed by atoms with van der Waals surface area (Å²) < 4.78 is 4.99. The number of hydrogen-bond acceptors (Lipinski definition) is 2. The lowest BCUT2D eigenvalue weighted by molar-refractivity contribution is 1.18. The smallest absolute Gasteiger partial charge is 0.0562 e. The summed E-state index contributed by atoms with van der Waals surface area (Å²) in [5, 5.41) is 12.5. The van der Waals surface area contributed by atoms with Gasteiger partial charge in [-0.3, -0.25) is 0 Å². The molecular formula is C54H34N2S. The van der Waals surface area contributed by atoms with Gasteiger partial charge in [0, 0.05) is 47.9 Å². The normalized spacial score (nSPS) is 11.9. The van der Waals surface area contributed by atoms with E-state index < -0.39 is 0 Å². The molecule has 3 heteroatoms. The minimum Gasteiger partial charge on any atom is -0.309 e. The van der Waals surface area contributed by atoms with E-state index in [2.05, 4.69) is 216 Å². The molecule has 57 heavy (non-hydrogen) atoms. The molecule has 2 aromatic heterocycles. The topological polar surface area (TPSA) is 8.17 Å². The third kappa shape index (κ3) is 4.89. The van der Waals surface area contributed by atoms with Crippen molar-refractivity contribution in [3.8, 4) is 16.8 Å². The lowest BCUT2D eigenvalue weighted by atomic mass is 9.95. The number of nitrogens with zero attached hydrogens (tertiary/aromatic N) is 2. The molecule has 12 rings (SSSR count). The second-order valence-electron chi connectivity index (χ2n) is 14.8. The highest BCUT2D eigenvalue weighted by atomic mass is 32.1. The van der Waals surface area contributed by atoms with Crippen molar-refractivity contribution in [2.45, 2.75) is 0 Å². The number of anilines is 3. The van der Waals surface area contributed by atoms with Gasteiger partial charge >= 0.3 is 0 Å². The van der Waals surface area contributed by atoms with E-state index in [1.54, 1.807) is 0 Å². The van der Waals surface area contributed by atoms with Gasteiger partial charge in [-0.25, -0.2) is 0 Å². The number of benzene rings is 10. The highest BCUT2D eigenvalue weighted by Crippen LogP contribution is 2.51. The zero-order chi connectivity index (χ0) is 37.5. The van der Waals surface area contributed by atoms with Crippen LogP contribution in [0.3, 0.4) is 0 Å². The molecule has 0 unspecified atom stereocenters. The van der Waals surface area contributed by atoms with Crippen LogP contribution in [0.1, 0.15) is 0 Å². The van der Waals surface area contributed by atoms with Gasteiger partial charge in [0.05, 0.1) is 22.4 Å². The fraction of sp³-hybridized carbons (Fsp3) is 0. The summed E-state index contributed by atoms with van der Waals surface area (Å²) >= 11 is 1.89. The van der Waals surface area contributed by atoms with E-state index in [9.17, 15) is 0 Å². The van der Waals surface area contributed by atoms with Crippen LogP contribution in [-0.4, -0.2) is 4.57 Å². The minimum absolute atomic E-state index is 1.12. The molecule has 0 aliphatic rings. The minimum atomic E-state index is 1.12. The molecule has 0 N–H and O–H groups in total. The number of rotatable bonds is 5. The molecule has 0 saturated heterocycles. The molecular weight excluding hydrogens is 709 g/mol. The van der Waals surface area contributed by atoms with Crippen LogP contribution in [0, 0.1) is 0 Å². The van der Waals surface area contributed by atoms with Gasteiger partial charge < -0.3 is 9.47 Å². The maximum atomic E-state index is 2.54. The van der Waals surface area contributed by atoms with E-state index in [1.807, 2.05) is 11.3 Å². The molecule has 0 bridgehead atoms. The summed E-state index contributed by atoms with van der Waals surface area (Å²) in [6.07, 6.45) is 0. The van der Waals surface area contributed by atoms with Gasteiger partial charge in [0.25, 0.3) is 0 Å². The molecule has 2 nitrogen and oxygen atoms in total. The fourth-order valence-electron chi connectivity index (χ4n) is 9.25. The van der Waals surface area contributed by atoms with E-state index >= 15 is 0 Å². The molecule has 0 fully saturated rings. The molecule has 0 spiro atoms. The van der Waals surface area contributed by atoms with Crippen molar-refractivity contribution in [1.29, 1.82) is 0 Å². The van der Waals surface area contributed by atoms with E-state index in [0.717, 1.165) is 22.7 Å². The second-order valence-corrected chi connectivity index (χ2v) is 15.9. The number of hydrogen-bond donors (Lipinski definition) is 0. The molecule has 0 aliphatic carbocycles. The Labute approximate surface area is 333 Å². The van der Waals surface area contributed by atoms with Gasteiger partial charge in [0.2, 0.25) is 0 Å². The average molecular weight is 743 g/mol. The lowest BCUT2D eigenvalue weighted by Gasteiger charge is -2.28. The van der Waals surface area contributed by atoms with Crippen LogP contribution in [0.25, 0.3) is 91.1 Å². The van der Waals surface area contributed by atoms with E-state index in [0.29, 0.717) is 0 Å². The Morgan fingerprint density at radius 3 is 1.84 bits per heavy atom. The molecule has 2 heterocycles. The molecule has 0 radical (unpaired) electrons. The molecule has 0 aliphatic heterocycles. The monoisotopic (exact) mass is 742 g/mol. The van der Waals surface area contributed by atoms with Gasteiger partial charge in [-0.05, 0) is 92.5 Å². The van der Waals surface area contributed by atoms with Gasteiger partial charge in [-0.1, -0.05) is 152 Å². The van der Waals surface area contributed by atoms with Crippen molar-refractivity contribution in [2.24, 2.45) is 0 Å². The van der Waals surface area contributed by atoms with Crippen LogP contribution in [-0.2, 0) is 0 Å². The Morgan fingerprint density at radius 1 is 0.368 bits per heavy atom.